The van der Waals surface area contributed by atoms with Crippen molar-refractivity contribution in [3.05, 3.63) is 46.3 Å². The number of halogens is 1. The van der Waals surface area contributed by atoms with Gasteiger partial charge in [0.1, 0.15) is 0 Å². The van der Waals surface area contributed by atoms with Crippen LogP contribution in [0.2, 0.25) is 0 Å². The van der Waals surface area contributed by atoms with Crippen LogP contribution in [0.3, 0.4) is 0 Å². The summed E-state index contributed by atoms with van der Waals surface area (Å²) in [5.41, 5.74) is 0.917. The number of benzene rings is 1. The minimum absolute atomic E-state index is 0.390. The van der Waals surface area contributed by atoms with Gasteiger partial charge in [-0.05, 0) is 40.2 Å². The van der Waals surface area contributed by atoms with Crippen molar-refractivity contribution in [2.45, 2.75) is 0 Å². The number of anilines is 2. The second-order valence-corrected chi connectivity index (χ2v) is 5.97. The van der Waals surface area contributed by atoms with Crippen LogP contribution in [-0.4, -0.2) is 10.2 Å². The lowest BCUT2D eigenvalue weighted by Gasteiger charge is -1.98. The molecule has 0 aliphatic carbocycles. The van der Waals surface area contributed by atoms with Gasteiger partial charge in [0.05, 0.1) is 8.66 Å². The van der Waals surface area contributed by atoms with Crippen LogP contribution in [0.15, 0.2) is 50.7 Å². The third kappa shape index (κ3) is 2.44. The smallest absolute Gasteiger partial charge is 0.320 e. The molecule has 0 fully saturated rings. The molecule has 0 radical (unpaired) electrons. The summed E-state index contributed by atoms with van der Waals surface area (Å²) in [6, 6.07) is 14.0. The topological polar surface area (TPSA) is 51.0 Å². The third-order valence-electron chi connectivity index (χ3n) is 2.23. The Bertz CT molecular complexity index is 650. The van der Waals surface area contributed by atoms with Gasteiger partial charge in [0.15, 0.2) is 0 Å². The molecule has 90 valence electrons. The van der Waals surface area contributed by atoms with Crippen molar-refractivity contribution in [1.29, 1.82) is 0 Å². The summed E-state index contributed by atoms with van der Waals surface area (Å²) in [6.07, 6.45) is 0. The van der Waals surface area contributed by atoms with Crippen molar-refractivity contribution in [1.82, 2.24) is 10.2 Å². The zero-order valence-corrected chi connectivity index (χ0v) is 11.5. The quantitative estimate of drug-likeness (QED) is 0.781. The fraction of sp³-hybridized carbons (Fsp3) is 0. The summed E-state index contributed by atoms with van der Waals surface area (Å²) in [5, 5.41) is 11.0. The van der Waals surface area contributed by atoms with E-state index in [4.69, 9.17) is 4.42 Å². The Hall–Kier alpha value is -1.66. The van der Waals surface area contributed by atoms with E-state index < -0.39 is 0 Å². The van der Waals surface area contributed by atoms with E-state index in [2.05, 4.69) is 31.4 Å². The fourth-order valence-electron chi connectivity index (χ4n) is 1.45. The summed E-state index contributed by atoms with van der Waals surface area (Å²) in [5.74, 6) is 0.518. The molecule has 0 unspecified atom stereocenters. The molecule has 1 aromatic carbocycles. The highest BCUT2D eigenvalue weighted by molar-refractivity contribution is 9.11. The molecule has 2 heterocycles. The Morgan fingerprint density at radius 2 is 1.89 bits per heavy atom. The van der Waals surface area contributed by atoms with Gasteiger partial charge in [-0.1, -0.05) is 23.3 Å². The molecule has 0 saturated heterocycles. The lowest BCUT2D eigenvalue weighted by Crippen LogP contribution is -1.88. The van der Waals surface area contributed by atoms with Crippen LogP contribution in [0.4, 0.5) is 11.7 Å². The molecule has 0 aliphatic heterocycles. The van der Waals surface area contributed by atoms with Crippen LogP contribution >= 0.6 is 27.3 Å². The van der Waals surface area contributed by atoms with E-state index in [1.54, 1.807) is 11.3 Å². The summed E-state index contributed by atoms with van der Waals surface area (Å²) >= 11 is 4.96. The number of hydrogen-bond acceptors (Lipinski definition) is 5. The lowest BCUT2D eigenvalue weighted by molar-refractivity contribution is 0.589. The van der Waals surface area contributed by atoms with E-state index in [0.29, 0.717) is 11.9 Å². The maximum Gasteiger partial charge on any atom is 0.320 e. The van der Waals surface area contributed by atoms with E-state index in [-0.39, 0.29) is 0 Å². The zero-order valence-electron chi connectivity index (χ0n) is 9.13. The van der Waals surface area contributed by atoms with Crippen LogP contribution in [0.25, 0.3) is 10.8 Å². The number of rotatable bonds is 3. The maximum atomic E-state index is 5.54. The van der Waals surface area contributed by atoms with Crippen LogP contribution in [0, 0.1) is 0 Å². The van der Waals surface area contributed by atoms with Gasteiger partial charge in [-0.3, -0.25) is 0 Å². The van der Waals surface area contributed by atoms with E-state index in [9.17, 15) is 0 Å². The highest BCUT2D eigenvalue weighted by atomic mass is 79.9. The molecule has 0 bridgehead atoms. The molecular formula is C12H8BrN3OS. The number of aromatic nitrogens is 2. The second-order valence-electron chi connectivity index (χ2n) is 3.51. The first-order chi connectivity index (χ1) is 8.81. The van der Waals surface area contributed by atoms with Crippen molar-refractivity contribution < 1.29 is 4.42 Å². The molecule has 2 aromatic heterocycles. The Balaban J connectivity index is 1.82. The number of thiophene rings is 1. The summed E-state index contributed by atoms with van der Waals surface area (Å²) in [6.45, 7) is 0. The molecule has 0 spiro atoms. The first kappa shape index (κ1) is 11.4. The van der Waals surface area contributed by atoms with Crippen molar-refractivity contribution >= 4 is 39.0 Å². The predicted octanol–water partition coefficient (Wildman–Crippen LogP) is 4.30. The number of nitrogens with zero attached hydrogens (tertiary/aromatic N) is 2. The average molecular weight is 322 g/mol. The molecule has 1 N–H and O–H groups in total. The maximum absolute atomic E-state index is 5.54. The van der Waals surface area contributed by atoms with Crippen LogP contribution < -0.4 is 5.32 Å². The largest absolute Gasteiger partial charge is 0.402 e. The molecule has 0 atom stereocenters. The van der Waals surface area contributed by atoms with Crippen LogP contribution in [0.1, 0.15) is 0 Å². The van der Waals surface area contributed by atoms with Gasteiger partial charge in [-0.15, -0.1) is 16.4 Å². The van der Waals surface area contributed by atoms with Crippen LogP contribution in [-0.2, 0) is 0 Å². The Morgan fingerprint density at radius 1 is 1.06 bits per heavy atom. The first-order valence-electron chi connectivity index (χ1n) is 5.22. The van der Waals surface area contributed by atoms with E-state index >= 15 is 0 Å². The molecule has 0 saturated carbocycles. The molecule has 6 heteroatoms. The third-order valence-corrected chi connectivity index (χ3v) is 3.85. The van der Waals surface area contributed by atoms with E-state index in [1.165, 1.54) is 0 Å². The van der Waals surface area contributed by atoms with Crippen molar-refractivity contribution in [2.24, 2.45) is 0 Å². The van der Waals surface area contributed by atoms with Crippen molar-refractivity contribution in [3.63, 3.8) is 0 Å². The van der Waals surface area contributed by atoms with Gasteiger partial charge in [0, 0.05) is 5.69 Å². The van der Waals surface area contributed by atoms with Crippen molar-refractivity contribution in [3.8, 4) is 10.8 Å². The Labute approximate surface area is 116 Å². The Morgan fingerprint density at radius 3 is 2.61 bits per heavy atom. The molecule has 18 heavy (non-hydrogen) atoms. The Kier molecular flexibility index (Phi) is 3.12. The predicted molar refractivity (Wildman–Crippen MR) is 75.0 cm³/mol. The van der Waals surface area contributed by atoms with Gasteiger partial charge in [-0.25, -0.2) is 0 Å². The normalized spacial score (nSPS) is 10.5. The van der Waals surface area contributed by atoms with E-state index in [0.717, 1.165) is 14.4 Å². The minimum atomic E-state index is 0.390. The molecule has 3 rings (SSSR count). The SMILES string of the molecule is Brc1ccc(-c2nnc(Nc3ccccc3)o2)s1. The zero-order chi connectivity index (χ0) is 12.4. The van der Waals surface area contributed by atoms with Gasteiger partial charge in [-0.2, -0.15) is 0 Å². The van der Waals surface area contributed by atoms with Gasteiger partial charge < -0.3 is 9.73 Å². The summed E-state index contributed by atoms with van der Waals surface area (Å²) < 4.78 is 6.58. The molecule has 0 amide bonds. The first-order valence-corrected chi connectivity index (χ1v) is 6.83. The lowest BCUT2D eigenvalue weighted by atomic mass is 10.3. The minimum Gasteiger partial charge on any atom is -0.402 e. The monoisotopic (exact) mass is 321 g/mol. The summed E-state index contributed by atoms with van der Waals surface area (Å²) in [7, 11) is 0. The number of hydrogen-bond donors (Lipinski definition) is 1. The second kappa shape index (κ2) is 4.91. The van der Waals surface area contributed by atoms with Crippen LogP contribution in [0.5, 0.6) is 0 Å². The highest BCUT2D eigenvalue weighted by Crippen LogP contribution is 2.31. The van der Waals surface area contributed by atoms with Gasteiger partial charge in [0.25, 0.3) is 5.89 Å². The summed E-state index contributed by atoms with van der Waals surface area (Å²) in [4.78, 5) is 0.940. The number of nitrogens with one attached hydrogen (secondary N) is 1. The van der Waals surface area contributed by atoms with Gasteiger partial charge >= 0.3 is 6.01 Å². The van der Waals surface area contributed by atoms with E-state index in [1.807, 2.05) is 42.5 Å². The molecule has 0 aliphatic rings. The average Bonchev–Trinajstić information content (AvgIpc) is 2.99. The van der Waals surface area contributed by atoms with Crippen molar-refractivity contribution in [2.75, 3.05) is 5.32 Å². The number of para-hydroxylation sites is 1. The molecule has 4 nitrogen and oxygen atoms in total. The fourth-order valence-corrected chi connectivity index (χ4v) is 2.75. The van der Waals surface area contributed by atoms with Gasteiger partial charge in [0.2, 0.25) is 0 Å². The highest BCUT2D eigenvalue weighted by Gasteiger charge is 2.10. The molecular weight excluding hydrogens is 314 g/mol. The molecule has 3 aromatic rings. The standard InChI is InChI=1S/C12H8BrN3OS/c13-10-7-6-9(18-10)11-15-16-12(17-11)14-8-4-2-1-3-5-8/h1-7H,(H,14,16).